The number of aromatic nitrogens is 3. The molecule has 0 aliphatic rings. The Morgan fingerprint density at radius 1 is 1.29 bits per heavy atom. The predicted octanol–water partition coefficient (Wildman–Crippen LogP) is 3.77. The third-order valence-electron chi connectivity index (χ3n) is 2.99. The zero-order chi connectivity index (χ0) is 15.8. The van der Waals surface area contributed by atoms with Gasteiger partial charge < -0.3 is 10.3 Å². The lowest BCUT2D eigenvalue weighted by Crippen LogP contribution is -2.14. The van der Waals surface area contributed by atoms with E-state index < -0.39 is 11.7 Å². The van der Waals surface area contributed by atoms with E-state index >= 15 is 0 Å². The Kier molecular flexibility index (Phi) is 4.38. The van der Waals surface area contributed by atoms with Gasteiger partial charge in [0.2, 0.25) is 0 Å². The number of hydrogen-bond acceptors (Lipinski definition) is 3. The van der Waals surface area contributed by atoms with Crippen molar-refractivity contribution in [2.75, 3.05) is 0 Å². The van der Waals surface area contributed by atoms with E-state index in [9.17, 15) is 13.2 Å². The Morgan fingerprint density at radius 2 is 1.95 bits per heavy atom. The van der Waals surface area contributed by atoms with Crippen LogP contribution in [0.15, 0.2) is 22.7 Å². The van der Waals surface area contributed by atoms with Crippen LogP contribution in [-0.2, 0) is 12.7 Å². The summed E-state index contributed by atoms with van der Waals surface area (Å²) in [5, 5.41) is 7.79. The maximum absolute atomic E-state index is 13.2. The molecule has 8 heteroatoms. The first-order valence-electron chi connectivity index (χ1n) is 6.26. The number of nitrogens with two attached hydrogens (primary N) is 1. The molecular weight excluding hydrogens is 349 g/mol. The second kappa shape index (κ2) is 5.76. The molecule has 2 N–H and O–H groups in total. The van der Waals surface area contributed by atoms with Crippen molar-refractivity contribution in [2.45, 2.75) is 32.6 Å². The van der Waals surface area contributed by atoms with E-state index in [1.807, 2.05) is 13.8 Å². The van der Waals surface area contributed by atoms with Crippen LogP contribution in [0.5, 0.6) is 0 Å². The van der Waals surface area contributed by atoms with Gasteiger partial charge in [0.15, 0.2) is 5.82 Å². The van der Waals surface area contributed by atoms with Gasteiger partial charge in [-0.05, 0) is 32.0 Å². The van der Waals surface area contributed by atoms with Gasteiger partial charge in [0.1, 0.15) is 5.82 Å². The van der Waals surface area contributed by atoms with Crippen molar-refractivity contribution in [1.82, 2.24) is 14.8 Å². The van der Waals surface area contributed by atoms with Gasteiger partial charge in [-0.1, -0.05) is 15.9 Å². The summed E-state index contributed by atoms with van der Waals surface area (Å²) < 4.78 is 41.7. The normalized spacial score (nSPS) is 12.2. The van der Waals surface area contributed by atoms with Crippen molar-refractivity contribution in [2.24, 2.45) is 5.73 Å². The van der Waals surface area contributed by atoms with Crippen LogP contribution in [-0.4, -0.2) is 14.8 Å². The summed E-state index contributed by atoms with van der Waals surface area (Å²) in [6.45, 7) is 3.80. The van der Waals surface area contributed by atoms with Crippen LogP contribution in [0, 0.1) is 0 Å². The third-order valence-corrected chi connectivity index (χ3v) is 3.49. The fraction of sp³-hybridized carbons (Fsp3) is 0.385. The molecule has 2 aromatic rings. The zero-order valence-corrected chi connectivity index (χ0v) is 13.0. The molecule has 1 aromatic carbocycles. The molecule has 0 amide bonds. The molecule has 114 valence electrons. The minimum Gasteiger partial charge on any atom is -0.324 e. The number of hydrogen-bond donors (Lipinski definition) is 1. The molecular formula is C13H14BrF3N4. The summed E-state index contributed by atoms with van der Waals surface area (Å²) in [7, 11) is 0. The second-order valence-corrected chi connectivity index (χ2v) is 5.71. The van der Waals surface area contributed by atoms with Crippen molar-refractivity contribution in [3.63, 3.8) is 0 Å². The van der Waals surface area contributed by atoms with E-state index in [4.69, 9.17) is 5.73 Å². The van der Waals surface area contributed by atoms with Crippen LogP contribution in [0.2, 0.25) is 0 Å². The molecule has 0 spiro atoms. The number of rotatable bonds is 3. The fourth-order valence-corrected chi connectivity index (χ4v) is 2.50. The standard InChI is InChI=1S/C13H14BrF3N4/c1-7(2)21-11(6-18)19-20-12(21)9-4-3-8(14)5-10(9)13(15,16)17/h3-5,7H,6,18H2,1-2H3. The van der Waals surface area contributed by atoms with Crippen molar-refractivity contribution in [3.05, 3.63) is 34.1 Å². The quantitative estimate of drug-likeness (QED) is 0.903. The summed E-state index contributed by atoms with van der Waals surface area (Å²) in [5.74, 6) is 0.626. The van der Waals surface area contributed by atoms with E-state index in [1.165, 1.54) is 6.07 Å². The van der Waals surface area contributed by atoms with Gasteiger partial charge in [0.25, 0.3) is 0 Å². The van der Waals surface area contributed by atoms with Crippen LogP contribution in [0.3, 0.4) is 0 Å². The van der Waals surface area contributed by atoms with Gasteiger partial charge in [0.05, 0.1) is 12.1 Å². The first-order valence-corrected chi connectivity index (χ1v) is 7.06. The Balaban J connectivity index is 2.71. The molecule has 0 fully saturated rings. The van der Waals surface area contributed by atoms with Crippen LogP contribution < -0.4 is 5.73 Å². The van der Waals surface area contributed by atoms with Crippen LogP contribution >= 0.6 is 15.9 Å². The maximum atomic E-state index is 13.2. The smallest absolute Gasteiger partial charge is 0.324 e. The zero-order valence-electron chi connectivity index (χ0n) is 11.4. The van der Waals surface area contributed by atoms with E-state index in [0.29, 0.717) is 10.3 Å². The minimum absolute atomic E-state index is 0.00778. The van der Waals surface area contributed by atoms with Crippen molar-refractivity contribution in [1.29, 1.82) is 0 Å². The van der Waals surface area contributed by atoms with Crippen LogP contribution in [0.1, 0.15) is 31.3 Å². The van der Waals surface area contributed by atoms with E-state index in [0.717, 1.165) is 6.07 Å². The monoisotopic (exact) mass is 362 g/mol. The maximum Gasteiger partial charge on any atom is 0.417 e. The topological polar surface area (TPSA) is 56.7 Å². The molecule has 0 bridgehead atoms. The Morgan fingerprint density at radius 3 is 2.48 bits per heavy atom. The summed E-state index contributed by atoms with van der Waals surface area (Å²) in [4.78, 5) is 0. The lowest BCUT2D eigenvalue weighted by molar-refractivity contribution is -0.137. The molecule has 0 aliphatic carbocycles. The molecule has 1 aromatic heterocycles. The summed E-state index contributed by atoms with van der Waals surface area (Å²) in [6.07, 6.45) is -4.48. The summed E-state index contributed by atoms with van der Waals surface area (Å²) in [6, 6.07) is 3.87. The molecule has 0 saturated heterocycles. The van der Waals surface area contributed by atoms with E-state index in [2.05, 4.69) is 26.1 Å². The molecule has 0 aliphatic heterocycles. The Hall–Kier alpha value is -1.41. The molecule has 4 nitrogen and oxygen atoms in total. The van der Waals surface area contributed by atoms with E-state index in [-0.39, 0.29) is 24.0 Å². The second-order valence-electron chi connectivity index (χ2n) is 4.80. The predicted molar refractivity (Wildman–Crippen MR) is 76.4 cm³/mol. The van der Waals surface area contributed by atoms with Crippen molar-refractivity contribution < 1.29 is 13.2 Å². The molecule has 1 heterocycles. The highest BCUT2D eigenvalue weighted by Gasteiger charge is 2.35. The van der Waals surface area contributed by atoms with Crippen molar-refractivity contribution >= 4 is 15.9 Å². The highest BCUT2D eigenvalue weighted by molar-refractivity contribution is 9.10. The average molecular weight is 363 g/mol. The number of nitrogens with zero attached hydrogens (tertiary/aromatic N) is 3. The van der Waals surface area contributed by atoms with Gasteiger partial charge in [-0.15, -0.1) is 10.2 Å². The van der Waals surface area contributed by atoms with E-state index in [1.54, 1.807) is 10.6 Å². The van der Waals surface area contributed by atoms with Crippen LogP contribution in [0.4, 0.5) is 13.2 Å². The fourth-order valence-electron chi connectivity index (χ4n) is 2.14. The van der Waals surface area contributed by atoms with Crippen molar-refractivity contribution in [3.8, 4) is 11.4 Å². The van der Waals surface area contributed by atoms with Gasteiger partial charge in [-0.3, -0.25) is 0 Å². The van der Waals surface area contributed by atoms with Gasteiger partial charge in [-0.25, -0.2) is 0 Å². The Bertz CT molecular complexity index is 649. The molecule has 0 unspecified atom stereocenters. The number of alkyl halides is 3. The molecule has 0 radical (unpaired) electrons. The van der Waals surface area contributed by atoms with Gasteiger partial charge in [-0.2, -0.15) is 13.2 Å². The Labute approximate surface area is 128 Å². The lowest BCUT2D eigenvalue weighted by Gasteiger charge is -2.17. The summed E-state index contributed by atoms with van der Waals surface area (Å²) in [5.41, 5.74) is 4.81. The molecule has 0 saturated carbocycles. The molecule has 21 heavy (non-hydrogen) atoms. The molecule has 2 rings (SSSR count). The largest absolute Gasteiger partial charge is 0.417 e. The number of benzene rings is 1. The number of halogens is 4. The average Bonchev–Trinajstić information content (AvgIpc) is 2.81. The highest BCUT2D eigenvalue weighted by atomic mass is 79.9. The first kappa shape index (κ1) is 16.0. The lowest BCUT2D eigenvalue weighted by atomic mass is 10.1. The third kappa shape index (κ3) is 3.11. The van der Waals surface area contributed by atoms with Gasteiger partial charge >= 0.3 is 6.18 Å². The minimum atomic E-state index is -4.48. The van der Waals surface area contributed by atoms with Gasteiger partial charge in [0, 0.05) is 16.1 Å². The first-order chi connectivity index (χ1) is 9.75. The van der Waals surface area contributed by atoms with Crippen LogP contribution in [0.25, 0.3) is 11.4 Å². The SMILES string of the molecule is CC(C)n1c(CN)nnc1-c1ccc(Br)cc1C(F)(F)F. The molecule has 0 atom stereocenters. The summed E-state index contributed by atoms with van der Waals surface area (Å²) >= 11 is 3.06. The highest BCUT2D eigenvalue weighted by Crippen LogP contribution is 2.38.